The summed E-state index contributed by atoms with van der Waals surface area (Å²) >= 11 is 0. The van der Waals surface area contributed by atoms with Crippen molar-refractivity contribution in [2.75, 3.05) is 6.61 Å². The molecule has 128 valence electrons. The number of carbonyl (C=O) groups excluding carboxylic acids is 1. The maximum Gasteiger partial charge on any atom is 0.162 e. The van der Waals surface area contributed by atoms with E-state index in [4.69, 9.17) is 4.74 Å². The summed E-state index contributed by atoms with van der Waals surface area (Å²) in [6.45, 7) is 8.93. The Morgan fingerprint density at radius 3 is 2.33 bits per heavy atom. The van der Waals surface area contributed by atoms with Crippen molar-refractivity contribution in [3.05, 3.63) is 53.1 Å². The summed E-state index contributed by atoms with van der Waals surface area (Å²) in [7, 11) is 0. The molecule has 2 aromatic rings. The van der Waals surface area contributed by atoms with Gasteiger partial charge in [0.15, 0.2) is 5.78 Å². The van der Waals surface area contributed by atoms with E-state index in [1.807, 2.05) is 26.0 Å². The Hall–Kier alpha value is -2.09. The first-order valence-electron chi connectivity index (χ1n) is 9.06. The van der Waals surface area contributed by atoms with Crippen LogP contribution >= 0.6 is 0 Å². The van der Waals surface area contributed by atoms with Crippen LogP contribution in [0.5, 0.6) is 5.75 Å². The van der Waals surface area contributed by atoms with Gasteiger partial charge in [-0.15, -0.1) is 0 Å². The summed E-state index contributed by atoms with van der Waals surface area (Å²) in [4.78, 5) is 12.1. The normalized spacial score (nSPS) is 10.7. The van der Waals surface area contributed by atoms with Crippen LogP contribution in [0.15, 0.2) is 36.4 Å². The number of carbonyl (C=O) groups is 1. The van der Waals surface area contributed by atoms with Crippen molar-refractivity contribution >= 4 is 5.78 Å². The molecule has 24 heavy (non-hydrogen) atoms. The SMILES string of the molecule is CCCc1cc(C(=O)CC)ccc1-c1cc(OCC)ccc1CC. The Morgan fingerprint density at radius 1 is 0.917 bits per heavy atom. The fraction of sp³-hybridized carbons (Fsp3) is 0.409. The van der Waals surface area contributed by atoms with Crippen LogP contribution in [-0.4, -0.2) is 12.4 Å². The highest BCUT2D eigenvalue weighted by atomic mass is 16.5. The van der Waals surface area contributed by atoms with Crippen molar-refractivity contribution in [3.8, 4) is 16.9 Å². The second-order valence-corrected chi connectivity index (χ2v) is 6.00. The molecule has 0 atom stereocenters. The van der Waals surface area contributed by atoms with Gasteiger partial charge in [0.05, 0.1) is 6.61 Å². The van der Waals surface area contributed by atoms with Crippen molar-refractivity contribution < 1.29 is 9.53 Å². The fourth-order valence-electron chi connectivity index (χ4n) is 3.08. The van der Waals surface area contributed by atoms with Crippen molar-refractivity contribution in [3.63, 3.8) is 0 Å². The first-order valence-corrected chi connectivity index (χ1v) is 9.06. The molecule has 0 radical (unpaired) electrons. The lowest BCUT2D eigenvalue weighted by Gasteiger charge is -2.16. The lowest BCUT2D eigenvalue weighted by molar-refractivity contribution is 0.0988. The van der Waals surface area contributed by atoms with Crippen molar-refractivity contribution in [1.29, 1.82) is 0 Å². The van der Waals surface area contributed by atoms with Crippen LogP contribution in [0.2, 0.25) is 0 Å². The Morgan fingerprint density at radius 2 is 1.71 bits per heavy atom. The van der Waals surface area contributed by atoms with Crippen LogP contribution in [-0.2, 0) is 12.8 Å². The minimum absolute atomic E-state index is 0.206. The number of rotatable bonds is 8. The number of ketones is 1. The monoisotopic (exact) mass is 324 g/mol. The molecule has 0 spiro atoms. The molecule has 2 heteroatoms. The zero-order valence-electron chi connectivity index (χ0n) is 15.3. The summed E-state index contributed by atoms with van der Waals surface area (Å²) in [6.07, 6.45) is 3.56. The third-order valence-electron chi connectivity index (χ3n) is 4.33. The first kappa shape index (κ1) is 18.3. The van der Waals surface area contributed by atoms with Crippen LogP contribution in [0.4, 0.5) is 0 Å². The van der Waals surface area contributed by atoms with Gasteiger partial charge in [-0.1, -0.05) is 45.4 Å². The lowest BCUT2D eigenvalue weighted by atomic mass is 9.90. The second kappa shape index (κ2) is 8.68. The Kier molecular flexibility index (Phi) is 6.60. The zero-order valence-corrected chi connectivity index (χ0v) is 15.3. The minimum atomic E-state index is 0.206. The van der Waals surface area contributed by atoms with Gasteiger partial charge in [0.2, 0.25) is 0 Å². The van der Waals surface area contributed by atoms with Gasteiger partial charge < -0.3 is 4.74 Å². The molecule has 0 aromatic heterocycles. The zero-order chi connectivity index (χ0) is 17.5. The molecule has 0 fully saturated rings. The number of hydrogen-bond donors (Lipinski definition) is 0. The number of benzene rings is 2. The summed E-state index contributed by atoms with van der Waals surface area (Å²) < 4.78 is 5.69. The van der Waals surface area contributed by atoms with Gasteiger partial charge in [0.1, 0.15) is 5.75 Å². The fourth-order valence-corrected chi connectivity index (χ4v) is 3.08. The van der Waals surface area contributed by atoms with Gasteiger partial charge in [-0.2, -0.15) is 0 Å². The van der Waals surface area contributed by atoms with Crippen molar-refractivity contribution in [2.45, 2.75) is 53.4 Å². The van der Waals surface area contributed by atoms with E-state index in [9.17, 15) is 4.79 Å². The molecule has 0 aliphatic carbocycles. The van der Waals surface area contributed by atoms with E-state index in [2.05, 4.69) is 38.1 Å². The molecule has 2 rings (SSSR count). The number of Topliss-reactive ketones (excluding diaryl/α,β-unsaturated/α-hetero) is 1. The van der Waals surface area contributed by atoms with Crippen LogP contribution in [0, 0.1) is 0 Å². The van der Waals surface area contributed by atoms with E-state index in [1.165, 1.54) is 22.3 Å². The minimum Gasteiger partial charge on any atom is -0.494 e. The molecule has 0 aliphatic rings. The maximum absolute atomic E-state index is 12.1. The van der Waals surface area contributed by atoms with E-state index in [-0.39, 0.29) is 5.78 Å². The Balaban J connectivity index is 2.57. The summed E-state index contributed by atoms with van der Waals surface area (Å²) in [5.74, 6) is 1.11. The Labute approximate surface area is 145 Å². The van der Waals surface area contributed by atoms with Gasteiger partial charge in [-0.3, -0.25) is 4.79 Å². The number of ether oxygens (including phenoxy) is 1. The van der Waals surface area contributed by atoms with Crippen LogP contribution in [0.25, 0.3) is 11.1 Å². The molecule has 0 saturated carbocycles. The summed E-state index contributed by atoms with van der Waals surface area (Å²) in [5.41, 5.74) is 5.83. The highest BCUT2D eigenvalue weighted by Crippen LogP contribution is 2.32. The highest BCUT2D eigenvalue weighted by Gasteiger charge is 2.13. The molecule has 2 aromatic carbocycles. The van der Waals surface area contributed by atoms with E-state index < -0.39 is 0 Å². The van der Waals surface area contributed by atoms with Crippen molar-refractivity contribution in [2.24, 2.45) is 0 Å². The molecular formula is C22H28O2. The highest BCUT2D eigenvalue weighted by molar-refractivity contribution is 5.96. The average molecular weight is 324 g/mol. The maximum atomic E-state index is 12.1. The standard InChI is InChI=1S/C22H28O2/c1-5-9-17-14-18(22(23)7-3)11-13-20(17)21-15-19(24-8-4)12-10-16(21)6-2/h10-15H,5-9H2,1-4H3. The van der Waals surface area contributed by atoms with E-state index in [0.717, 1.165) is 30.6 Å². The van der Waals surface area contributed by atoms with Crippen LogP contribution in [0.3, 0.4) is 0 Å². The molecular weight excluding hydrogens is 296 g/mol. The van der Waals surface area contributed by atoms with Gasteiger partial charge >= 0.3 is 0 Å². The first-order chi connectivity index (χ1) is 11.6. The number of aryl methyl sites for hydroxylation is 2. The summed E-state index contributed by atoms with van der Waals surface area (Å²) in [6, 6.07) is 12.5. The average Bonchev–Trinajstić information content (AvgIpc) is 2.61. The second-order valence-electron chi connectivity index (χ2n) is 6.00. The topological polar surface area (TPSA) is 26.3 Å². The molecule has 0 N–H and O–H groups in total. The molecule has 0 unspecified atom stereocenters. The van der Waals surface area contributed by atoms with Crippen molar-refractivity contribution in [1.82, 2.24) is 0 Å². The molecule has 0 bridgehead atoms. The van der Waals surface area contributed by atoms with Gasteiger partial charge in [0.25, 0.3) is 0 Å². The number of hydrogen-bond acceptors (Lipinski definition) is 2. The predicted molar refractivity (Wildman–Crippen MR) is 101 cm³/mol. The van der Waals surface area contributed by atoms with Crippen LogP contribution in [0.1, 0.15) is 62.0 Å². The van der Waals surface area contributed by atoms with Gasteiger partial charge in [-0.25, -0.2) is 0 Å². The molecule has 0 amide bonds. The third kappa shape index (κ3) is 4.05. The van der Waals surface area contributed by atoms with Crippen LogP contribution < -0.4 is 4.74 Å². The summed E-state index contributed by atoms with van der Waals surface area (Å²) in [5, 5.41) is 0. The third-order valence-corrected chi connectivity index (χ3v) is 4.33. The molecule has 0 aliphatic heterocycles. The predicted octanol–water partition coefficient (Wildman–Crippen LogP) is 5.86. The largest absolute Gasteiger partial charge is 0.494 e. The smallest absolute Gasteiger partial charge is 0.162 e. The molecule has 2 nitrogen and oxygen atoms in total. The van der Waals surface area contributed by atoms with E-state index >= 15 is 0 Å². The lowest BCUT2D eigenvalue weighted by Crippen LogP contribution is -2.01. The molecule has 0 saturated heterocycles. The van der Waals surface area contributed by atoms with Gasteiger partial charge in [0, 0.05) is 12.0 Å². The Bertz CT molecular complexity index is 701. The van der Waals surface area contributed by atoms with E-state index in [0.29, 0.717) is 13.0 Å². The van der Waals surface area contributed by atoms with E-state index in [1.54, 1.807) is 0 Å². The van der Waals surface area contributed by atoms with Gasteiger partial charge in [-0.05, 0) is 60.2 Å². The molecule has 0 heterocycles. The quantitative estimate of drug-likeness (QED) is 0.568.